The van der Waals surface area contributed by atoms with Crippen molar-refractivity contribution in [2.24, 2.45) is 5.84 Å². The number of nitrogens with one attached hydrogen (secondary N) is 2. The largest absolute Gasteiger partial charge is 0.373 e. The zero-order chi connectivity index (χ0) is 17.5. The van der Waals surface area contributed by atoms with E-state index in [2.05, 4.69) is 44.8 Å². The molecule has 2 aromatic rings. The van der Waals surface area contributed by atoms with E-state index in [0.29, 0.717) is 6.54 Å². The molecule has 2 aromatic carbocycles. The van der Waals surface area contributed by atoms with Crippen LogP contribution in [0.4, 0.5) is 11.4 Å². The monoisotopic (exact) mass is 339 g/mol. The third-order valence-electron chi connectivity index (χ3n) is 4.51. The first-order valence-electron chi connectivity index (χ1n) is 8.60. The highest BCUT2D eigenvalue weighted by atomic mass is 16.2. The van der Waals surface area contributed by atoms with E-state index >= 15 is 0 Å². The van der Waals surface area contributed by atoms with Crippen LogP contribution < -0.4 is 21.5 Å². The van der Waals surface area contributed by atoms with Crippen LogP contribution in [0.2, 0.25) is 0 Å². The number of hydrazine groups is 1. The van der Waals surface area contributed by atoms with E-state index in [4.69, 9.17) is 5.84 Å². The number of hydrogen-bond donors (Lipinski definition) is 3. The summed E-state index contributed by atoms with van der Waals surface area (Å²) in [6, 6.07) is 19.8. The standard InChI is InChI=1S/C19H25N5O/c20-22-19(25)18(21-16-7-3-1-4-8-16)15-23-11-13-24(14-12-23)17-9-5-2-6-10-17/h1-10,18,21H,11-15,20H2,(H,22,25). The van der Waals surface area contributed by atoms with Crippen molar-refractivity contribution in [3.63, 3.8) is 0 Å². The van der Waals surface area contributed by atoms with Gasteiger partial charge in [-0.15, -0.1) is 0 Å². The second-order valence-corrected chi connectivity index (χ2v) is 6.19. The average Bonchev–Trinajstić information content (AvgIpc) is 2.69. The van der Waals surface area contributed by atoms with Crippen molar-refractivity contribution in [2.75, 3.05) is 42.9 Å². The Balaban J connectivity index is 1.57. The molecule has 6 nitrogen and oxygen atoms in total. The second kappa shape index (κ2) is 8.50. The van der Waals surface area contributed by atoms with Crippen LogP contribution in [0.15, 0.2) is 60.7 Å². The van der Waals surface area contributed by atoms with Crippen molar-refractivity contribution < 1.29 is 4.79 Å². The van der Waals surface area contributed by atoms with Gasteiger partial charge < -0.3 is 10.2 Å². The fourth-order valence-electron chi connectivity index (χ4n) is 3.12. The molecule has 6 heteroatoms. The SMILES string of the molecule is NNC(=O)C(CN1CCN(c2ccccc2)CC1)Nc1ccccc1. The summed E-state index contributed by atoms with van der Waals surface area (Å²) < 4.78 is 0. The Labute approximate surface area is 148 Å². The number of nitrogens with two attached hydrogens (primary N) is 1. The number of nitrogens with zero attached hydrogens (tertiary/aromatic N) is 2. The van der Waals surface area contributed by atoms with E-state index < -0.39 is 0 Å². The lowest BCUT2D eigenvalue weighted by Gasteiger charge is -2.37. The van der Waals surface area contributed by atoms with Crippen molar-refractivity contribution >= 4 is 17.3 Å². The van der Waals surface area contributed by atoms with Crippen LogP contribution in [0.3, 0.4) is 0 Å². The van der Waals surface area contributed by atoms with Crippen molar-refractivity contribution in [1.29, 1.82) is 0 Å². The normalized spacial score (nSPS) is 16.3. The van der Waals surface area contributed by atoms with Crippen LogP contribution in [-0.4, -0.2) is 49.6 Å². The fourth-order valence-corrected chi connectivity index (χ4v) is 3.12. The Morgan fingerprint density at radius 2 is 1.56 bits per heavy atom. The summed E-state index contributed by atoms with van der Waals surface area (Å²) in [5.41, 5.74) is 4.44. The van der Waals surface area contributed by atoms with Gasteiger partial charge in [-0.1, -0.05) is 36.4 Å². The van der Waals surface area contributed by atoms with Crippen LogP contribution in [0, 0.1) is 0 Å². The number of hydrogen-bond acceptors (Lipinski definition) is 5. The van der Waals surface area contributed by atoms with Gasteiger partial charge in [0.05, 0.1) is 0 Å². The number of benzene rings is 2. The smallest absolute Gasteiger partial charge is 0.257 e. The molecule has 0 aromatic heterocycles. The van der Waals surface area contributed by atoms with Crippen LogP contribution in [-0.2, 0) is 4.79 Å². The Kier molecular flexibility index (Phi) is 5.87. The van der Waals surface area contributed by atoms with Crippen LogP contribution in [0.5, 0.6) is 0 Å². The summed E-state index contributed by atoms with van der Waals surface area (Å²) in [6.07, 6.45) is 0. The first-order valence-corrected chi connectivity index (χ1v) is 8.60. The summed E-state index contributed by atoms with van der Waals surface area (Å²) >= 11 is 0. The lowest BCUT2D eigenvalue weighted by molar-refractivity contribution is -0.122. The Morgan fingerprint density at radius 3 is 2.16 bits per heavy atom. The number of rotatable bonds is 6. The molecule has 0 radical (unpaired) electrons. The van der Waals surface area contributed by atoms with Crippen molar-refractivity contribution in [3.05, 3.63) is 60.7 Å². The zero-order valence-electron chi connectivity index (χ0n) is 14.3. The van der Waals surface area contributed by atoms with Gasteiger partial charge in [-0.25, -0.2) is 5.84 Å². The zero-order valence-corrected chi connectivity index (χ0v) is 14.3. The van der Waals surface area contributed by atoms with E-state index in [1.165, 1.54) is 5.69 Å². The summed E-state index contributed by atoms with van der Waals surface area (Å²) in [6.45, 7) is 4.36. The Hall–Kier alpha value is -2.57. The minimum absolute atomic E-state index is 0.200. The van der Waals surface area contributed by atoms with E-state index in [0.717, 1.165) is 31.9 Å². The van der Waals surface area contributed by atoms with Crippen LogP contribution in [0.25, 0.3) is 0 Å². The molecular formula is C19H25N5O. The molecule has 1 saturated heterocycles. The van der Waals surface area contributed by atoms with Crippen molar-refractivity contribution in [1.82, 2.24) is 10.3 Å². The molecule has 132 valence electrons. The number of amides is 1. The lowest BCUT2D eigenvalue weighted by atomic mass is 10.2. The van der Waals surface area contributed by atoms with Gasteiger partial charge in [-0.3, -0.25) is 15.1 Å². The summed E-state index contributed by atoms with van der Waals surface area (Å²) in [7, 11) is 0. The highest BCUT2D eigenvalue weighted by molar-refractivity contribution is 5.84. The summed E-state index contributed by atoms with van der Waals surface area (Å²) in [5, 5.41) is 3.27. The molecule has 4 N–H and O–H groups in total. The van der Waals surface area contributed by atoms with Gasteiger partial charge in [0.2, 0.25) is 0 Å². The molecule has 25 heavy (non-hydrogen) atoms. The first-order chi connectivity index (χ1) is 12.3. The average molecular weight is 339 g/mol. The second-order valence-electron chi connectivity index (χ2n) is 6.19. The molecular weight excluding hydrogens is 314 g/mol. The van der Waals surface area contributed by atoms with Crippen LogP contribution in [0.1, 0.15) is 0 Å². The van der Waals surface area contributed by atoms with Gasteiger partial charge in [0.1, 0.15) is 6.04 Å². The molecule has 1 amide bonds. The number of para-hydroxylation sites is 2. The Morgan fingerprint density at radius 1 is 0.960 bits per heavy atom. The number of carbonyl (C=O) groups is 1. The lowest BCUT2D eigenvalue weighted by Crippen LogP contribution is -2.53. The summed E-state index contributed by atoms with van der Waals surface area (Å²) in [4.78, 5) is 16.8. The maximum Gasteiger partial charge on any atom is 0.257 e. The fraction of sp³-hybridized carbons (Fsp3) is 0.316. The molecule has 1 aliphatic rings. The van der Waals surface area contributed by atoms with Gasteiger partial charge in [0, 0.05) is 44.1 Å². The number of carbonyl (C=O) groups excluding carboxylic acids is 1. The molecule has 1 aliphatic heterocycles. The number of piperazine rings is 1. The first kappa shape index (κ1) is 17.3. The molecule has 0 bridgehead atoms. The van der Waals surface area contributed by atoms with Gasteiger partial charge in [0.25, 0.3) is 5.91 Å². The maximum absolute atomic E-state index is 12.1. The highest BCUT2D eigenvalue weighted by Crippen LogP contribution is 2.16. The molecule has 1 heterocycles. The third-order valence-corrected chi connectivity index (χ3v) is 4.51. The minimum Gasteiger partial charge on any atom is -0.373 e. The molecule has 0 spiro atoms. The molecule has 1 fully saturated rings. The van der Waals surface area contributed by atoms with E-state index in [9.17, 15) is 4.79 Å². The topological polar surface area (TPSA) is 73.6 Å². The maximum atomic E-state index is 12.1. The van der Waals surface area contributed by atoms with Gasteiger partial charge >= 0.3 is 0 Å². The van der Waals surface area contributed by atoms with E-state index in [1.54, 1.807) is 0 Å². The highest BCUT2D eigenvalue weighted by Gasteiger charge is 2.24. The molecule has 1 atom stereocenters. The summed E-state index contributed by atoms with van der Waals surface area (Å²) in [5.74, 6) is 5.16. The van der Waals surface area contributed by atoms with E-state index in [1.807, 2.05) is 36.4 Å². The quantitative estimate of drug-likeness (QED) is 0.420. The predicted octanol–water partition coefficient (Wildman–Crippen LogP) is 1.28. The van der Waals surface area contributed by atoms with Gasteiger partial charge in [-0.05, 0) is 24.3 Å². The van der Waals surface area contributed by atoms with Crippen molar-refractivity contribution in [3.8, 4) is 0 Å². The van der Waals surface area contributed by atoms with Crippen molar-refractivity contribution in [2.45, 2.75) is 6.04 Å². The molecule has 0 aliphatic carbocycles. The Bertz CT molecular complexity index is 656. The third kappa shape index (κ3) is 4.71. The predicted molar refractivity (Wildman–Crippen MR) is 101 cm³/mol. The van der Waals surface area contributed by atoms with E-state index in [-0.39, 0.29) is 11.9 Å². The van der Waals surface area contributed by atoms with Crippen LogP contribution >= 0.6 is 0 Å². The molecule has 1 unspecified atom stereocenters. The minimum atomic E-state index is -0.379. The van der Waals surface area contributed by atoms with Gasteiger partial charge in [-0.2, -0.15) is 0 Å². The molecule has 0 saturated carbocycles. The molecule has 3 rings (SSSR count). The van der Waals surface area contributed by atoms with Gasteiger partial charge in [0.15, 0.2) is 0 Å². The number of anilines is 2.